The van der Waals surface area contributed by atoms with Crippen molar-refractivity contribution in [2.75, 3.05) is 44.7 Å². The van der Waals surface area contributed by atoms with Gasteiger partial charge in [0, 0.05) is 56.2 Å². The van der Waals surface area contributed by atoms with E-state index in [1.165, 1.54) is 0 Å². The van der Waals surface area contributed by atoms with Crippen LogP contribution in [0.3, 0.4) is 0 Å². The number of carbonyl (C=O) groups is 2. The van der Waals surface area contributed by atoms with Gasteiger partial charge >= 0.3 is 12.1 Å². The molecule has 2 aromatic rings. The number of rotatable bonds is 7. The number of anilines is 1. The highest BCUT2D eigenvalue weighted by atomic mass is 19.4. The van der Waals surface area contributed by atoms with E-state index in [9.17, 15) is 27.9 Å². The predicted molar refractivity (Wildman–Crippen MR) is 159 cm³/mol. The fourth-order valence-electron chi connectivity index (χ4n) is 6.84. The summed E-state index contributed by atoms with van der Waals surface area (Å²) < 4.78 is 64.0. The zero-order valence-corrected chi connectivity index (χ0v) is 25.7. The molecule has 1 spiro atoms. The van der Waals surface area contributed by atoms with Crippen molar-refractivity contribution < 1.29 is 46.8 Å². The summed E-state index contributed by atoms with van der Waals surface area (Å²) in [5.74, 6) is -3.14. The SMILES string of the molecule is CC1C(CN2CCC3(CC2)OCCO3)OC(c2ccc(NC(=O)C3CCCN3C(=O)C(F)(F)F)cc2)OC1c1ccc(CO)cc1. The standard InChI is InChI=1S/C33H40F3N3O7/c1-21-27(19-38-15-12-32(13-16-38)43-17-18-44-32)45-30(46-28(21)23-6-4-22(20-40)5-7-23)24-8-10-25(11-9-24)37-29(41)26-3-2-14-39(26)31(42)33(34,35)36/h4-11,21,26-28,30,40H,2-3,12-20H2,1H3,(H,37,41). The number of hydrogen-bond acceptors (Lipinski definition) is 8. The molecule has 4 aliphatic rings. The summed E-state index contributed by atoms with van der Waals surface area (Å²) >= 11 is 0. The minimum absolute atomic E-state index is 0.00146. The minimum atomic E-state index is -5.03. The van der Waals surface area contributed by atoms with E-state index in [1.807, 2.05) is 24.3 Å². The second kappa shape index (κ2) is 13.6. The summed E-state index contributed by atoms with van der Waals surface area (Å²) in [5, 5.41) is 12.2. The molecule has 2 amide bonds. The number of piperidine rings is 1. The summed E-state index contributed by atoms with van der Waals surface area (Å²) in [6.07, 6.45) is -4.18. The fraction of sp³-hybridized carbons (Fsp3) is 0.576. The number of likely N-dealkylation sites (tertiary alicyclic amines) is 2. The summed E-state index contributed by atoms with van der Waals surface area (Å²) in [4.78, 5) is 27.7. The van der Waals surface area contributed by atoms with Crippen molar-refractivity contribution in [2.45, 2.75) is 75.7 Å². The van der Waals surface area contributed by atoms with Gasteiger partial charge in [0.2, 0.25) is 5.91 Å². The second-order valence-corrected chi connectivity index (χ2v) is 12.5. The Hall–Kier alpha value is -3.07. The number of ether oxygens (including phenoxy) is 4. The van der Waals surface area contributed by atoms with Crippen molar-refractivity contribution in [3.63, 3.8) is 0 Å². The van der Waals surface area contributed by atoms with Crippen molar-refractivity contribution in [3.8, 4) is 0 Å². The quantitative estimate of drug-likeness (QED) is 0.458. The van der Waals surface area contributed by atoms with Crippen LogP contribution in [0.1, 0.15) is 61.7 Å². The number of carbonyl (C=O) groups excluding carboxylic acids is 2. The molecule has 4 aliphatic heterocycles. The van der Waals surface area contributed by atoms with E-state index < -0.39 is 36.1 Å². The highest BCUT2D eigenvalue weighted by molar-refractivity contribution is 5.98. The number of halogens is 3. The van der Waals surface area contributed by atoms with Gasteiger partial charge in [-0.25, -0.2) is 0 Å². The third-order valence-electron chi connectivity index (χ3n) is 9.50. The summed E-state index contributed by atoms with van der Waals surface area (Å²) in [5.41, 5.74) is 2.87. The van der Waals surface area contributed by atoms with Crippen LogP contribution in [0.25, 0.3) is 0 Å². The first-order chi connectivity index (χ1) is 22.0. The molecule has 2 N–H and O–H groups in total. The van der Waals surface area contributed by atoms with E-state index in [2.05, 4.69) is 17.1 Å². The molecule has 0 aliphatic carbocycles. The van der Waals surface area contributed by atoms with Crippen LogP contribution < -0.4 is 5.32 Å². The van der Waals surface area contributed by atoms with Gasteiger partial charge in [-0.05, 0) is 36.1 Å². The van der Waals surface area contributed by atoms with Crippen LogP contribution in [0.2, 0.25) is 0 Å². The van der Waals surface area contributed by atoms with Gasteiger partial charge in [-0.15, -0.1) is 0 Å². The van der Waals surface area contributed by atoms with E-state index in [0.29, 0.717) is 42.3 Å². The van der Waals surface area contributed by atoms with Crippen LogP contribution in [-0.4, -0.2) is 90.2 Å². The first kappa shape index (κ1) is 32.9. The van der Waals surface area contributed by atoms with Crippen LogP contribution in [-0.2, 0) is 35.1 Å². The molecule has 4 fully saturated rings. The molecular weight excluding hydrogens is 607 g/mol. The Labute approximate surface area is 265 Å². The van der Waals surface area contributed by atoms with Gasteiger partial charge in [0.25, 0.3) is 0 Å². The van der Waals surface area contributed by atoms with E-state index >= 15 is 0 Å². The third-order valence-corrected chi connectivity index (χ3v) is 9.50. The first-order valence-corrected chi connectivity index (χ1v) is 15.8. The van der Waals surface area contributed by atoms with E-state index in [4.69, 9.17) is 18.9 Å². The molecular formula is C33H40F3N3O7. The van der Waals surface area contributed by atoms with Crippen molar-refractivity contribution >= 4 is 17.5 Å². The smallest absolute Gasteiger partial charge is 0.392 e. The number of benzene rings is 2. The van der Waals surface area contributed by atoms with Crippen LogP contribution in [0, 0.1) is 5.92 Å². The number of nitrogens with zero attached hydrogens (tertiary/aromatic N) is 2. The Morgan fingerprint density at radius 3 is 2.24 bits per heavy atom. The number of aliphatic hydroxyl groups is 1. The maximum Gasteiger partial charge on any atom is 0.471 e. The summed E-state index contributed by atoms with van der Waals surface area (Å²) in [6.45, 7) is 5.49. The van der Waals surface area contributed by atoms with Crippen molar-refractivity contribution in [1.29, 1.82) is 0 Å². The summed E-state index contributed by atoms with van der Waals surface area (Å²) in [7, 11) is 0. The second-order valence-electron chi connectivity index (χ2n) is 12.5. The number of aliphatic hydroxyl groups excluding tert-OH is 1. The zero-order chi connectivity index (χ0) is 32.5. The summed E-state index contributed by atoms with van der Waals surface area (Å²) in [6, 6.07) is 13.3. The third kappa shape index (κ3) is 7.09. The van der Waals surface area contributed by atoms with Gasteiger partial charge in [-0.3, -0.25) is 9.59 Å². The van der Waals surface area contributed by atoms with Crippen LogP contribution >= 0.6 is 0 Å². The first-order valence-electron chi connectivity index (χ1n) is 15.8. The Morgan fingerprint density at radius 1 is 0.957 bits per heavy atom. The van der Waals surface area contributed by atoms with Crippen LogP contribution in [0.15, 0.2) is 48.5 Å². The molecule has 6 rings (SSSR count). The van der Waals surface area contributed by atoms with Crippen molar-refractivity contribution in [3.05, 3.63) is 65.2 Å². The average Bonchev–Trinajstić information content (AvgIpc) is 3.73. The van der Waals surface area contributed by atoms with Crippen molar-refractivity contribution in [2.24, 2.45) is 5.92 Å². The minimum Gasteiger partial charge on any atom is -0.392 e. The largest absolute Gasteiger partial charge is 0.471 e. The highest BCUT2D eigenvalue weighted by Gasteiger charge is 2.48. The van der Waals surface area contributed by atoms with Gasteiger partial charge in [0.05, 0.1) is 32.0 Å². The van der Waals surface area contributed by atoms with E-state index in [1.54, 1.807) is 24.3 Å². The molecule has 5 atom stereocenters. The number of hydrogen-bond donors (Lipinski definition) is 2. The molecule has 0 bridgehead atoms. The molecule has 13 heteroatoms. The Bertz CT molecular complexity index is 1360. The van der Waals surface area contributed by atoms with Crippen molar-refractivity contribution in [1.82, 2.24) is 9.80 Å². The number of nitrogens with one attached hydrogen (secondary N) is 1. The van der Waals surface area contributed by atoms with Crippen LogP contribution in [0.4, 0.5) is 18.9 Å². The van der Waals surface area contributed by atoms with Gasteiger partial charge in [-0.2, -0.15) is 13.2 Å². The molecule has 250 valence electrons. The van der Waals surface area contributed by atoms with Gasteiger partial charge < -0.3 is 39.2 Å². The van der Waals surface area contributed by atoms with Gasteiger partial charge in [-0.1, -0.05) is 43.3 Å². The van der Waals surface area contributed by atoms with E-state index in [0.717, 1.165) is 37.1 Å². The lowest BCUT2D eigenvalue weighted by Crippen LogP contribution is -2.50. The molecule has 4 saturated heterocycles. The predicted octanol–water partition coefficient (Wildman–Crippen LogP) is 4.30. The zero-order valence-electron chi connectivity index (χ0n) is 25.7. The fourth-order valence-corrected chi connectivity index (χ4v) is 6.84. The monoisotopic (exact) mass is 647 g/mol. The maximum atomic E-state index is 13.0. The Kier molecular flexibility index (Phi) is 9.70. The maximum absolute atomic E-state index is 13.0. The molecule has 2 aromatic carbocycles. The lowest BCUT2D eigenvalue weighted by Gasteiger charge is -2.44. The molecule has 0 saturated carbocycles. The normalized spacial score (nSPS) is 28.5. The number of amides is 2. The molecule has 5 unspecified atom stereocenters. The highest BCUT2D eigenvalue weighted by Crippen LogP contribution is 2.42. The van der Waals surface area contributed by atoms with Crippen LogP contribution in [0.5, 0.6) is 0 Å². The van der Waals surface area contributed by atoms with Gasteiger partial charge in [0.15, 0.2) is 12.1 Å². The molecule has 46 heavy (non-hydrogen) atoms. The van der Waals surface area contributed by atoms with E-state index in [-0.39, 0.29) is 37.7 Å². The molecule has 0 radical (unpaired) electrons. The Morgan fingerprint density at radius 2 is 1.61 bits per heavy atom. The molecule has 10 nitrogen and oxygen atoms in total. The number of alkyl halides is 3. The Balaban J connectivity index is 1.15. The molecule has 0 aromatic heterocycles. The molecule has 4 heterocycles. The lowest BCUT2D eigenvalue weighted by molar-refractivity contribution is -0.278. The average molecular weight is 648 g/mol. The lowest BCUT2D eigenvalue weighted by atomic mass is 9.89. The van der Waals surface area contributed by atoms with Gasteiger partial charge in [0.1, 0.15) is 6.04 Å². The topological polar surface area (TPSA) is 110 Å².